The van der Waals surface area contributed by atoms with E-state index in [0.29, 0.717) is 16.7 Å². The molecule has 8 heteroatoms. The average molecular weight is 447 g/mol. The highest BCUT2D eigenvalue weighted by atomic mass is 35.5. The summed E-state index contributed by atoms with van der Waals surface area (Å²) in [5.41, 5.74) is 1.77. The molecule has 1 heterocycles. The van der Waals surface area contributed by atoms with Crippen molar-refractivity contribution < 1.29 is 14.6 Å². The first kappa shape index (κ1) is 23.0. The number of benzene rings is 2. The van der Waals surface area contributed by atoms with E-state index in [4.69, 9.17) is 21.1 Å². The molecule has 2 unspecified atom stereocenters. The SMILES string of the molecule is CCNC(=NCC(O)c1cccc(OC)c1)NC1CCN(c2cc(Cl)ccc2OC)C1. The van der Waals surface area contributed by atoms with Crippen molar-refractivity contribution in [2.24, 2.45) is 4.99 Å². The lowest BCUT2D eigenvalue weighted by Gasteiger charge is -2.22. The first-order valence-electron chi connectivity index (χ1n) is 10.5. The molecule has 2 aromatic carbocycles. The molecule has 2 atom stereocenters. The quantitative estimate of drug-likeness (QED) is 0.427. The molecule has 2 aromatic rings. The Kier molecular flexibility index (Phi) is 8.26. The van der Waals surface area contributed by atoms with Crippen LogP contribution in [0, 0.1) is 0 Å². The molecular formula is C23H31ClN4O3. The molecule has 0 bridgehead atoms. The normalized spacial score (nSPS) is 17.4. The maximum atomic E-state index is 10.5. The van der Waals surface area contributed by atoms with Gasteiger partial charge in [-0.25, -0.2) is 0 Å². The van der Waals surface area contributed by atoms with E-state index in [9.17, 15) is 5.11 Å². The van der Waals surface area contributed by atoms with Gasteiger partial charge in [0.2, 0.25) is 0 Å². The molecule has 0 saturated carbocycles. The number of hydrogen-bond acceptors (Lipinski definition) is 5. The summed E-state index contributed by atoms with van der Waals surface area (Å²) in [7, 11) is 3.28. The smallest absolute Gasteiger partial charge is 0.191 e. The topological polar surface area (TPSA) is 78.4 Å². The summed E-state index contributed by atoms with van der Waals surface area (Å²) < 4.78 is 10.7. The fraction of sp³-hybridized carbons (Fsp3) is 0.435. The minimum absolute atomic E-state index is 0.218. The Balaban J connectivity index is 1.63. The van der Waals surface area contributed by atoms with Gasteiger partial charge in [-0.3, -0.25) is 4.99 Å². The number of guanidine groups is 1. The fourth-order valence-corrected chi connectivity index (χ4v) is 3.82. The van der Waals surface area contributed by atoms with Crippen molar-refractivity contribution in [2.75, 3.05) is 45.3 Å². The zero-order chi connectivity index (χ0) is 22.2. The van der Waals surface area contributed by atoms with Crippen molar-refractivity contribution in [1.82, 2.24) is 10.6 Å². The number of hydrogen-bond donors (Lipinski definition) is 3. The van der Waals surface area contributed by atoms with Crippen LogP contribution in [0.1, 0.15) is 25.0 Å². The molecule has 3 rings (SSSR count). The molecule has 1 aliphatic rings. The van der Waals surface area contributed by atoms with Crippen LogP contribution in [0.2, 0.25) is 5.02 Å². The van der Waals surface area contributed by atoms with Crippen molar-refractivity contribution in [3.05, 3.63) is 53.1 Å². The van der Waals surface area contributed by atoms with Crippen LogP contribution < -0.4 is 25.0 Å². The van der Waals surface area contributed by atoms with Crippen molar-refractivity contribution in [1.29, 1.82) is 0 Å². The predicted octanol–water partition coefficient (Wildman–Crippen LogP) is 3.22. The summed E-state index contributed by atoms with van der Waals surface area (Å²) in [6.45, 7) is 4.70. The highest BCUT2D eigenvalue weighted by molar-refractivity contribution is 6.30. The lowest BCUT2D eigenvalue weighted by atomic mass is 10.1. The van der Waals surface area contributed by atoms with Crippen LogP contribution in [0.5, 0.6) is 11.5 Å². The molecule has 0 spiro atoms. The third-order valence-corrected chi connectivity index (χ3v) is 5.49. The van der Waals surface area contributed by atoms with Crippen LogP contribution in [0.15, 0.2) is 47.5 Å². The summed E-state index contributed by atoms with van der Waals surface area (Å²) in [6.07, 6.45) is 0.250. The maximum absolute atomic E-state index is 10.5. The van der Waals surface area contributed by atoms with E-state index in [1.807, 2.05) is 49.4 Å². The van der Waals surface area contributed by atoms with Gasteiger partial charge in [-0.1, -0.05) is 23.7 Å². The lowest BCUT2D eigenvalue weighted by molar-refractivity contribution is 0.186. The third kappa shape index (κ3) is 6.18. The van der Waals surface area contributed by atoms with E-state index < -0.39 is 6.10 Å². The van der Waals surface area contributed by atoms with Gasteiger partial charge in [-0.2, -0.15) is 0 Å². The maximum Gasteiger partial charge on any atom is 0.191 e. The number of nitrogens with zero attached hydrogens (tertiary/aromatic N) is 2. The molecule has 0 aromatic heterocycles. The van der Waals surface area contributed by atoms with Gasteiger partial charge in [-0.15, -0.1) is 0 Å². The van der Waals surface area contributed by atoms with Crippen LogP contribution in [0.3, 0.4) is 0 Å². The number of aliphatic imine (C=N–C) groups is 1. The Bertz CT molecular complexity index is 893. The number of aliphatic hydroxyl groups is 1. The summed E-state index contributed by atoms with van der Waals surface area (Å²) in [6, 6.07) is 13.3. The average Bonchev–Trinajstić information content (AvgIpc) is 3.25. The molecule has 3 N–H and O–H groups in total. The van der Waals surface area contributed by atoms with Crippen molar-refractivity contribution in [3.63, 3.8) is 0 Å². The first-order chi connectivity index (χ1) is 15.0. The summed E-state index contributed by atoms with van der Waals surface area (Å²) in [4.78, 5) is 6.85. The minimum atomic E-state index is -0.707. The van der Waals surface area contributed by atoms with E-state index in [1.165, 1.54) is 0 Å². The van der Waals surface area contributed by atoms with Gasteiger partial charge in [0.25, 0.3) is 0 Å². The van der Waals surface area contributed by atoms with Crippen molar-refractivity contribution in [2.45, 2.75) is 25.5 Å². The third-order valence-electron chi connectivity index (χ3n) is 5.26. The summed E-state index contributed by atoms with van der Waals surface area (Å²) >= 11 is 6.20. The van der Waals surface area contributed by atoms with E-state index in [1.54, 1.807) is 14.2 Å². The molecule has 168 valence electrons. The van der Waals surface area contributed by atoms with Crippen LogP contribution in [-0.2, 0) is 0 Å². The number of methoxy groups -OCH3 is 2. The van der Waals surface area contributed by atoms with Gasteiger partial charge in [0.15, 0.2) is 5.96 Å². The van der Waals surface area contributed by atoms with E-state index in [2.05, 4.69) is 20.5 Å². The van der Waals surface area contributed by atoms with Crippen molar-refractivity contribution in [3.8, 4) is 11.5 Å². The Morgan fingerprint density at radius 2 is 2.10 bits per heavy atom. The molecule has 1 aliphatic heterocycles. The zero-order valence-electron chi connectivity index (χ0n) is 18.3. The number of nitrogens with one attached hydrogen (secondary N) is 2. The lowest BCUT2D eigenvalue weighted by Crippen LogP contribution is -2.44. The van der Waals surface area contributed by atoms with Crippen LogP contribution in [-0.4, -0.2) is 57.5 Å². The Hall–Kier alpha value is -2.64. The molecule has 0 aliphatic carbocycles. The van der Waals surface area contributed by atoms with E-state index in [0.717, 1.165) is 43.1 Å². The fourth-order valence-electron chi connectivity index (χ4n) is 3.65. The van der Waals surface area contributed by atoms with Gasteiger partial charge < -0.3 is 30.1 Å². The van der Waals surface area contributed by atoms with E-state index in [-0.39, 0.29) is 12.6 Å². The molecule has 0 radical (unpaired) electrons. The first-order valence-corrected chi connectivity index (χ1v) is 10.9. The molecule has 31 heavy (non-hydrogen) atoms. The molecule has 1 saturated heterocycles. The van der Waals surface area contributed by atoms with Crippen LogP contribution in [0.25, 0.3) is 0 Å². The van der Waals surface area contributed by atoms with Gasteiger partial charge in [-0.05, 0) is 49.2 Å². The van der Waals surface area contributed by atoms with Gasteiger partial charge in [0.05, 0.1) is 32.6 Å². The van der Waals surface area contributed by atoms with Gasteiger partial charge >= 0.3 is 0 Å². The Morgan fingerprint density at radius 1 is 1.26 bits per heavy atom. The molecule has 1 fully saturated rings. The highest BCUT2D eigenvalue weighted by Crippen LogP contribution is 2.33. The monoisotopic (exact) mass is 446 g/mol. The second kappa shape index (κ2) is 11.1. The van der Waals surface area contributed by atoms with Crippen LogP contribution >= 0.6 is 11.6 Å². The van der Waals surface area contributed by atoms with Crippen molar-refractivity contribution >= 4 is 23.2 Å². The number of rotatable bonds is 8. The summed E-state index contributed by atoms with van der Waals surface area (Å²) in [5.74, 6) is 2.22. The minimum Gasteiger partial charge on any atom is -0.497 e. The Labute approximate surface area is 189 Å². The second-order valence-corrected chi connectivity index (χ2v) is 7.84. The Morgan fingerprint density at radius 3 is 2.84 bits per heavy atom. The molecular weight excluding hydrogens is 416 g/mol. The number of ether oxygens (including phenoxy) is 2. The second-order valence-electron chi connectivity index (χ2n) is 7.40. The number of anilines is 1. The molecule has 7 nitrogen and oxygen atoms in total. The predicted molar refractivity (Wildman–Crippen MR) is 126 cm³/mol. The number of aliphatic hydroxyl groups excluding tert-OH is 1. The van der Waals surface area contributed by atoms with E-state index >= 15 is 0 Å². The van der Waals surface area contributed by atoms with Gasteiger partial charge in [0, 0.05) is 30.7 Å². The largest absolute Gasteiger partial charge is 0.497 e. The zero-order valence-corrected chi connectivity index (χ0v) is 19.0. The summed E-state index contributed by atoms with van der Waals surface area (Å²) in [5, 5.41) is 18.0. The number of halogens is 1. The molecule has 0 amide bonds. The standard InChI is InChI=1S/C23H31ClN4O3/c1-4-25-23(26-14-21(29)16-6-5-7-19(12-16)30-2)27-18-10-11-28(15-18)20-13-17(24)8-9-22(20)31-3/h5-9,12-13,18,21,29H,4,10-11,14-15H2,1-3H3,(H2,25,26,27). The van der Waals surface area contributed by atoms with Crippen LogP contribution in [0.4, 0.5) is 5.69 Å². The highest BCUT2D eigenvalue weighted by Gasteiger charge is 2.25. The van der Waals surface area contributed by atoms with Gasteiger partial charge in [0.1, 0.15) is 11.5 Å².